The van der Waals surface area contributed by atoms with Crippen molar-refractivity contribution < 1.29 is 9.47 Å². The van der Waals surface area contributed by atoms with Gasteiger partial charge in [0.25, 0.3) is 5.56 Å². The van der Waals surface area contributed by atoms with E-state index in [4.69, 9.17) is 9.47 Å². The molecule has 0 saturated carbocycles. The summed E-state index contributed by atoms with van der Waals surface area (Å²) in [6.07, 6.45) is 5.66. The van der Waals surface area contributed by atoms with E-state index in [1.54, 1.807) is 17.9 Å². The van der Waals surface area contributed by atoms with Gasteiger partial charge in [-0.25, -0.2) is 4.98 Å². The van der Waals surface area contributed by atoms with Crippen molar-refractivity contribution in [3.8, 4) is 5.75 Å². The molecule has 0 spiro atoms. The van der Waals surface area contributed by atoms with Gasteiger partial charge in [0.05, 0.1) is 12.3 Å². The highest BCUT2D eigenvalue weighted by molar-refractivity contribution is 7.09. The zero-order valence-corrected chi connectivity index (χ0v) is 18.0. The molecular weight excluding hydrogens is 398 g/mol. The monoisotopic (exact) mass is 423 g/mol. The summed E-state index contributed by atoms with van der Waals surface area (Å²) in [5, 5.41) is 5.99. The fourth-order valence-electron chi connectivity index (χ4n) is 3.60. The van der Waals surface area contributed by atoms with Crippen molar-refractivity contribution in [2.45, 2.75) is 32.6 Å². The summed E-state index contributed by atoms with van der Waals surface area (Å²) in [4.78, 5) is 17.1. The van der Waals surface area contributed by atoms with E-state index >= 15 is 0 Å². The lowest BCUT2D eigenvalue weighted by atomic mass is 9.93. The average molecular weight is 424 g/mol. The van der Waals surface area contributed by atoms with Crippen LogP contribution in [0.4, 0.5) is 0 Å². The third-order valence-electron chi connectivity index (χ3n) is 5.02. The predicted molar refractivity (Wildman–Crippen MR) is 120 cm³/mol. The Kier molecular flexibility index (Phi) is 6.42. The lowest BCUT2D eigenvalue weighted by molar-refractivity contribution is 0.181. The van der Waals surface area contributed by atoms with Gasteiger partial charge in [0.15, 0.2) is 0 Å². The van der Waals surface area contributed by atoms with Crippen molar-refractivity contribution >= 4 is 23.1 Å². The molecule has 0 atom stereocenters. The Hall–Kier alpha value is -2.74. The second-order valence-corrected chi connectivity index (χ2v) is 8.17. The van der Waals surface area contributed by atoms with E-state index in [9.17, 15) is 4.79 Å². The zero-order valence-electron chi connectivity index (χ0n) is 17.2. The van der Waals surface area contributed by atoms with Crippen LogP contribution in [-0.2, 0) is 30.9 Å². The molecule has 1 aromatic carbocycles. The van der Waals surface area contributed by atoms with E-state index in [2.05, 4.69) is 34.6 Å². The van der Waals surface area contributed by atoms with Gasteiger partial charge in [0.2, 0.25) is 0 Å². The molecule has 0 bridgehead atoms. The van der Waals surface area contributed by atoms with E-state index < -0.39 is 0 Å². The number of benzene rings is 1. The van der Waals surface area contributed by atoms with Crippen LogP contribution in [0.5, 0.6) is 5.75 Å². The van der Waals surface area contributed by atoms with E-state index in [-0.39, 0.29) is 5.56 Å². The molecule has 7 heteroatoms. The molecule has 2 heterocycles. The first-order valence-electron chi connectivity index (χ1n) is 9.91. The van der Waals surface area contributed by atoms with Crippen LogP contribution in [0.3, 0.4) is 0 Å². The van der Waals surface area contributed by atoms with Crippen molar-refractivity contribution in [1.29, 1.82) is 0 Å². The average Bonchev–Trinajstić information content (AvgIpc) is 3.20. The smallest absolute Gasteiger partial charge is 0.258 e. The van der Waals surface area contributed by atoms with Crippen molar-refractivity contribution in [3.05, 3.63) is 79.7 Å². The summed E-state index contributed by atoms with van der Waals surface area (Å²) >= 11 is 1.52. The van der Waals surface area contributed by atoms with Gasteiger partial charge < -0.3 is 14.8 Å². The van der Waals surface area contributed by atoms with Gasteiger partial charge in [-0.2, -0.15) is 0 Å². The summed E-state index contributed by atoms with van der Waals surface area (Å²) in [7, 11) is 3.60. The molecule has 1 N–H and O–H groups in total. The van der Waals surface area contributed by atoms with E-state index in [1.807, 2.05) is 18.5 Å². The quantitative estimate of drug-likeness (QED) is 0.599. The van der Waals surface area contributed by atoms with Crippen LogP contribution in [0, 0.1) is 0 Å². The van der Waals surface area contributed by atoms with Gasteiger partial charge in [0, 0.05) is 37.0 Å². The maximum atomic E-state index is 12.7. The van der Waals surface area contributed by atoms with Gasteiger partial charge in [-0.15, -0.1) is 11.3 Å². The normalized spacial score (nSPS) is 13.1. The van der Waals surface area contributed by atoms with E-state index in [0.717, 1.165) is 35.8 Å². The number of rotatable bonds is 8. The van der Waals surface area contributed by atoms with Crippen molar-refractivity contribution in [2.24, 2.45) is 0 Å². The van der Waals surface area contributed by atoms with Crippen LogP contribution in [0.2, 0.25) is 0 Å². The minimum absolute atomic E-state index is 0.0896. The lowest BCUT2D eigenvalue weighted by Gasteiger charge is -2.19. The highest BCUT2D eigenvalue weighted by atomic mass is 32.1. The molecule has 3 aromatic rings. The van der Waals surface area contributed by atoms with Gasteiger partial charge >= 0.3 is 0 Å². The molecule has 2 aromatic heterocycles. The number of hydrogen-bond donors (Lipinski definition) is 1. The number of fused-ring (bicyclic) bond motifs is 1. The fourth-order valence-corrected chi connectivity index (χ4v) is 4.29. The Balaban J connectivity index is 1.47. The summed E-state index contributed by atoms with van der Waals surface area (Å²) < 4.78 is 12.6. The van der Waals surface area contributed by atoms with E-state index in [1.165, 1.54) is 34.1 Å². The molecule has 1 aliphatic rings. The van der Waals surface area contributed by atoms with Crippen LogP contribution < -0.4 is 15.6 Å². The Morgan fingerprint density at radius 3 is 2.90 bits per heavy atom. The summed E-state index contributed by atoms with van der Waals surface area (Å²) in [6, 6.07) is 9.88. The Bertz CT molecular complexity index is 1120. The zero-order chi connectivity index (χ0) is 20.9. The maximum Gasteiger partial charge on any atom is 0.258 e. The molecule has 0 radical (unpaired) electrons. The molecular formula is C23H25N3O3S. The minimum Gasteiger partial charge on any atom is -0.486 e. The van der Waals surface area contributed by atoms with Crippen molar-refractivity contribution in [1.82, 2.24) is 14.9 Å². The first-order chi connectivity index (χ1) is 14.7. The molecule has 4 rings (SSSR count). The molecule has 0 aliphatic heterocycles. The topological polar surface area (TPSA) is 65.4 Å². The molecule has 0 saturated heterocycles. The van der Waals surface area contributed by atoms with Crippen molar-refractivity contribution in [3.63, 3.8) is 0 Å². The molecule has 156 valence electrons. The van der Waals surface area contributed by atoms with Crippen LogP contribution in [0.25, 0.3) is 11.8 Å². The summed E-state index contributed by atoms with van der Waals surface area (Å²) in [5.74, 6) is 0.549. The molecule has 0 fully saturated rings. The number of ether oxygens (including phenoxy) is 2. The predicted octanol–water partition coefficient (Wildman–Crippen LogP) is 3.69. The highest BCUT2D eigenvalue weighted by Crippen LogP contribution is 2.27. The number of pyridine rings is 1. The van der Waals surface area contributed by atoms with Crippen LogP contribution in [-0.4, -0.2) is 23.7 Å². The number of thiazole rings is 1. The standard InChI is InChI=1S/C23H25N3O3S/c1-24-12-16-3-4-18-10-20(6-5-17(18)9-16)26-8-7-21(11-23(26)27)29-14-22-25-19(13-28-2)15-30-22/h3-4,7-11,15,24H,5-6,12-14H2,1-2H3. The number of allylic oxidation sites excluding steroid dienone is 1. The van der Waals surface area contributed by atoms with Crippen molar-refractivity contribution in [2.75, 3.05) is 14.2 Å². The van der Waals surface area contributed by atoms with Crippen LogP contribution in [0.15, 0.2) is 46.7 Å². The Labute approximate surface area is 179 Å². The minimum atomic E-state index is -0.0896. The first-order valence-corrected chi connectivity index (χ1v) is 10.8. The molecule has 0 unspecified atom stereocenters. The van der Waals surface area contributed by atoms with Crippen LogP contribution >= 0.6 is 11.3 Å². The summed E-state index contributed by atoms with van der Waals surface area (Å²) in [6.45, 7) is 1.68. The number of hydrogen-bond acceptors (Lipinski definition) is 6. The van der Waals surface area contributed by atoms with Gasteiger partial charge in [0.1, 0.15) is 17.4 Å². The highest BCUT2D eigenvalue weighted by Gasteiger charge is 2.14. The first kappa shape index (κ1) is 20.5. The second-order valence-electron chi connectivity index (χ2n) is 7.22. The van der Waals surface area contributed by atoms with Gasteiger partial charge in [-0.1, -0.05) is 18.2 Å². The lowest BCUT2D eigenvalue weighted by Crippen LogP contribution is -2.19. The summed E-state index contributed by atoms with van der Waals surface area (Å²) in [5.41, 5.74) is 5.59. The van der Waals surface area contributed by atoms with Gasteiger partial charge in [-0.3, -0.25) is 9.36 Å². The fraction of sp³-hybridized carbons (Fsp3) is 0.304. The Morgan fingerprint density at radius 2 is 2.10 bits per heavy atom. The van der Waals surface area contributed by atoms with E-state index in [0.29, 0.717) is 19.0 Å². The third kappa shape index (κ3) is 4.70. The molecule has 6 nitrogen and oxygen atoms in total. The Morgan fingerprint density at radius 1 is 1.20 bits per heavy atom. The number of aromatic nitrogens is 2. The molecule has 1 aliphatic carbocycles. The SMILES string of the molecule is CNCc1ccc2c(c1)CCC(n1ccc(OCc3nc(COC)cs3)cc1=O)=C2. The van der Waals surface area contributed by atoms with Crippen LogP contribution in [0.1, 0.15) is 33.8 Å². The number of nitrogens with one attached hydrogen (secondary N) is 1. The molecule has 0 amide bonds. The maximum absolute atomic E-state index is 12.7. The molecule has 30 heavy (non-hydrogen) atoms. The number of aryl methyl sites for hydroxylation is 1. The number of methoxy groups -OCH3 is 1. The second kappa shape index (κ2) is 9.38. The number of nitrogens with zero attached hydrogens (tertiary/aromatic N) is 2. The largest absolute Gasteiger partial charge is 0.486 e. The van der Waals surface area contributed by atoms with Gasteiger partial charge in [-0.05, 0) is 48.7 Å². The third-order valence-corrected chi connectivity index (χ3v) is 5.89.